The number of amides is 1. The molecular formula is C20H22F3N3O3. The lowest BCUT2D eigenvalue weighted by Gasteiger charge is -2.34. The number of alkyl halides is 3. The van der Waals surface area contributed by atoms with E-state index in [1.54, 1.807) is 23.5 Å². The van der Waals surface area contributed by atoms with E-state index in [9.17, 15) is 18.0 Å². The van der Waals surface area contributed by atoms with E-state index >= 15 is 0 Å². The number of ether oxygens (including phenoxy) is 2. The molecule has 1 aliphatic carbocycles. The molecule has 29 heavy (non-hydrogen) atoms. The fraction of sp³-hybridized carbons (Fsp3) is 0.500. The highest BCUT2D eigenvalue weighted by atomic mass is 19.4. The Balaban J connectivity index is 1.55. The van der Waals surface area contributed by atoms with Crippen LogP contribution in [0.25, 0.3) is 0 Å². The molecule has 2 heterocycles. The summed E-state index contributed by atoms with van der Waals surface area (Å²) in [6.45, 7) is 1.26. The lowest BCUT2D eigenvalue weighted by Crippen LogP contribution is -2.43. The van der Waals surface area contributed by atoms with E-state index in [4.69, 9.17) is 4.74 Å². The normalized spacial score (nSPS) is 17.9. The fourth-order valence-corrected chi connectivity index (χ4v) is 3.57. The summed E-state index contributed by atoms with van der Waals surface area (Å²) in [6.07, 6.45) is 2.19. The lowest BCUT2D eigenvalue weighted by molar-refractivity contribution is -0.274. The smallest absolute Gasteiger partial charge is 0.406 e. The molecule has 0 spiro atoms. The number of benzene rings is 1. The topological polar surface area (TPSA) is 56.6 Å². The first kappa shape index (κ1) is 19.8. The van der Waals surface area contributed by atoms with Gasteiger partial charge in [0.25, 0.3) is 5.91 Å². The zero-order chi connectivity index (χ0) is 20.4. The second kappa shape index (κ2) is 8.06. The van der Waals surface area contributed by atoms with Gasteiger partial charge in [-0.25, -0.2) is 4.98 Å². The number of imidazole rings is 1. The summed E-state index contributed by atoms with van der Waals surface area (Å²) in [4.78, 5) is 19.2. The second-order valence-corrected chi connectivity index (χ2v) is 7.41. The molecule has 0 bridgehead atoms. The average molecular weight is 409 g/mol. The van der Waals surface area contributed by atoms with Gasteiger partial charge in [0.2, 0.25) is 0 Å². The van der Waals surface area contributed by atoms with Crippen molar-refractivity contribution in [3.63, 3.8) is 0 Å². The largest absolute Gasteiger partial charge is 0.573 e. The molecule has 1 aromatic heterocycles. The third-order valence-electron chi connectivity index (χ3n) is 5.17. The molecule has 1 saturated heterocycles. The van der Waals surface area contributed by atoms with Crippen molar-refractivity contribution >= 4 is 5.91 Å². The molecule has 2 aliphatic rings. The van der Waals surface area contributed by atoms with Gasteiger partial charge in [-0.2, -0.15) is 0 Å². The van der Waals surface area contributed by atoms with E-state index < -0.39 is 6.36 Å². The minimum absolute atomic E-state index is 0.0606. The number of hydrogen-bond acceptors (Lipinski definition) is 4. The van der Waals surface area contributed by atoms with Crippen molar-refractivity contribution in [2.45, 2.75) is 50.7 Å². The van der Waals surface area contributed by atoms with Crippen LogP contribution in [-0.4, -0.2) is 46.0 Å². The molecule has 1 aromatic carbocycles. The minimum Gasteiger partial charge on any atom is -0.406 e. The fourth-order valence-electron chi connectivity index (χ4n) is 3.57. The summed E-state index contributed by atoms with van der Waals surface area (Å²) < 4.78 is 49.0. The van der Waals surface area contributed by atoms with Crippen molar-refractivity contribution in [2.75, 3.05) is 13.2 Å². The number of nitrogens with zero attached hydrogens (tertiary/aromatic N) is 3. The number of rotatable bonds is 6. The Morgan fingerprint density at radius 1 is 1.24 bits per heavy atom. The predicted octanol–water partition coefficient (Wildman–Crippen LogP) is 3.94. The first-order valence-corrected chi connectivity index (χ1v) is 9.66. The van der Waals surface area contributed by atoms with Gasteiger partial charge in [-0.15, -0.1) is 13.2 Å². The molecule has 1 amide bonds. The highest BCUT2D eigenvalue weighted by Crippen LogP contribution is 2.34. The molecule has 1 aliphatic heterocycles. The van der Waals surface area contributed by atoms with Crippen molar-refractivity contribution in [1.82, 2.24) is 14.5 Å². The third kappa shape index (κ3) is 5.09. The second-order valence-electron chi connectivity index (χ2n) is 7.41. The van der Waals surface area contributed by atoms with Crippen molar-refractivity contribution < 1.29 is 27.4 Å². The highest BCUT2D eigenvalue weighted by Gasteiger charge is 2.32. The first-order valence-electron chi connectivity index (χ1n) is 9.66. The van der Waals surface area contributed by atoms with Gasteiger partial charge in [0.05, 0.1) is 6.33 Å². The summed E-state index contributed by atoms with van der Waals surface area (Å²) in [5, 5.41) is 0. The van der Waals surface area contributed by atoms with Gasteiger partial charge < -0.3 is 18.9 Å². The molecule has 2 fully saturated rings. The zero-order valence-corrected chi connectivity index (χ0v) is 15.8. The molecule has 1 saturated carbocycles. The lowest BCUT2D eigenvalue weighted by atomic mass is 10.0. The van der Waals surface area contributed by atoms with Crippen molar-refractivity contribution in [1.29, 1.82) is 0 Å². The quantitative estimate of drug-likeness (QED) is 0.725. The molecule has 0 unspecified atom stereocenters. The number of carbonyl (C=O) groups is 1. The van der Waals surface area contributed by atoms with Gasteiger partial charge in [-0.3, -0.25) is 4.79 Å². The van der Waals surface area contributed by atoms with Crippen LogP contribution in [0, 0.1) is 0 Å². The first-order chi connectivity index (χ1) is 13.9. The van der Waals surface area contributed by atoms with Crippen LogP contribution in [0.5, 0.6) is 5.75 Å². The number of carbonyl (C=O) groups excluding carboxylic acids is 1. The van der Waals surface area contributed by atoms with Gasteiger partial charge in [-0.05, 0) is 43.4 Å². The van der Waals surface area contributed by atoms with Crippen LogP contribution >= 0.6 is 0 Å². The monoisotopic (exact) mass is 409 g/mol. The minimum atomic E-state index is -4.76. The summed E-state index contributed by atoms with van der Waals surface area (Å²) in [5.41, 5.74) is 0.916. The summed E-state index contributed by atoms with van der Waals surface area (Å²) in [5.74, 6) is -0.522. The third-order valence-corrected chi connectivity index (χ3v) is 5.17. The summed E-state index contributed by atoms with van der Waals surface area (Å²) in [7, 11) is 0. The number of hydrogen-bond donors (Lipinski definition) is 0. The van der Waals surface area contributed by atoms with E-state index in [1.807, 2.05) is 4.57 Å². The van der Waals surface area contributed by atoms with E-state index in [1.165, 1.54) is 18.2 Å². The van der Waals surface area contributed by atoms with Gasteiger partial charge in [0.1, 0.15) is 11.4 Å². The van der Waals surface area contributed by atoms with E-state index in [0.29, 0.717) is 43.4 Å². The molecule has 4 rings (SSSR count). The van der Waals surface area contributed by atoms with Gasteiger partial charge in [0, 0.05) is 38.0 Å². The summed E-state index contributed by atoms with van der Waals surface area (Å²) >= 11 is 0. The van der Waals surface area contributed by atoms with Crippen LogP contribution in [0.4, 0.5) is 13.2 Å². The molecule has 0 N–H and O–H groups in total. The maximum absolute atomic E-state index is 13.2. The molecule has 0 atom stereocenters. The SMILES string of the molecule is O=C(c1cn(C2CC2)cn1)N(Cc1cccc(OC(F)(F)F)c1)C1CCOCC1. The average Bonchev–Trinajstić information content (AvgIpc) is 3.42. The van der Waals surface area contributed by atoms with Gasteiger partial charge in [-0.1, -0.05) is 12.1 Å². The van der Waals surface area contributed by atoms with Crippen LogP contribution < -0.4 is 4.74 Å². The van der Waals surface area contributed by atoms with Crippen LogP contribution in [0.3, 0.4) is 0 Å². The Morgan fingerprint density at radius 2 is 2.00 bits per heavy atom. The Labute approximate surface area is 166 Å². The molecular weight excluding hydrogens is 387 g/mol. The number of halogens is 3. The van der Waals surface area contributed by atoms with Gasteiger partial charge >= 0.3 is 6.36 Å². The predicted molar refractivity (Wildman–Crippen MR) is 97.3 cm³/mol. The summed E-state index contributed by atoms with van der Waals surface area (Å²) in [6, 6.07) is 6.09. The Hall–Kier alpha value is -2.55. The van der Waals surface area contributed by atoms with E-state index in [-0.39, 0.29) is 24.2 Å². The van der Waals surface area contributed by atoms with E-state index in [0.717, 1.165) is 12.8 Å². The molecule has 6 nitrogen and oxygen atoms in total. The Kier molecular flexibility index (Phi) is 5.49. The number of aromatic nitrogens is 2. The van der Waals surface area contributed by atoms with Gasteiger partial charge in [0.15, 0.2) is 0 Å². The van der Waals surface area contributed by atoms with Crippen LogP contribution in [0.1, 0.15) is 47.8 Å². The van der Waals surface area contributed by atoms with Crippen LogP contribution in [-0.2, 0) is 11.3 Å². The van der Waals surface area contributed by atoms with Crippen LogP contribution in [0.2, 0.25) is 0 Å². The maximum Gasteiger partial charge on any atom is 0.573 e. The molecule has 156 valence electrons. The zero-order valence-electron chi connectivity index (χ0n) is 15.8. The Morgan fingerprint density at radius 3 is 2.69 bits per heavy atom. The maximum atomic E-state index is 13.2. The molecule has 9 heteroatoms. The van der Waals surface area contributed by atoms with Crippen molar-refractivity contribution in [3.05, 3.63) is 48.0 Å². The van der Waals surface area contributed by atoms with Crippen molar-refractivity contribution in [3.8, 4) is 5.75 Å². The highest BCUT2D eigenvalue weighted by molar-refractivity contribution is 5.92. The molecule has 2 aromatic rings. The Bertz CT molecular complexity index is 858. The van der Waals surface area contributed by atoms with E-state index in [2.05, 4.69) is 9.72 Å². The standard InChI is InChI=1S/C20H22F3N3O3/c21-20(22,23)29-17-3-1-2-14(10-17)11-26(16-6-8-28-9-7-16)19(27)18-12-25(13-24-18)15-4-5-15/h1-3,10,12-13,15-16H,4-9,11H2. The van der Waals surface area contributed by atoms with Crippen LogP contribution in [0.15, 0.2) is 36.8 Å². The molecule has 0 radical (unpaired) electrons. The van der Waals surface area contributed by atoms with Crippen molar-refractivity contribution in [2.24, 2.45) is 0 Å².